The van der Waals surface area contributed by atoms with Crippen LogP contribution in [0.5, 0.6) is 5.75 Å². The summed E-state index contributed by atoms with van der Waals surface area (Å²) >= 11 is 7.96. The molecule has 0 unspecified atom stereocenters. The molecule has 0 aliphatic heterocycles. The Hall–Kier alpha value is -1.27. The van der Waals surface area contributed by atoms with Crippen molar-refractivity contribution in [1.29, 1.82) is 0 Å². The second kappa shape index (κ2) is 5.79. The Morgan fingerprint density at radius 3 is 2.63 bits per heavy atom. The molecule has 0 saturated heterocycles. The van der Waals surface area contributed by atoms with Crippen molar-refractivity contribution in [1.82, 2.24) is 0 Å². The smallest absolute Gasteiger partial charge is 0.255 e. The number of carbonyl (C=O) groups is 1. The summed E-state index contributed by atoms with van der Waals surface area (Å²) in [6, 6.07) is 10.1. The molecule has 0 aliphatic rings. The molecule has 2 rings (SSSR count). The van der Waals surface area contributed by atoms with E-state index in [4.69, 9.17) is 11.6 Å². The van der Waals surface area contributed by atoms with Gasteiger partial charge in [0.15, 0.2) is 0 Å². The fourth-order valence-electron chi connectivity index (χ4n) is 1.54. The van der Waals surface area contributed by atoms with Crippen LogP contribution in [0.1, 0.15) is 15.9 Å². The number of rotatable bonds is 2. The van der Waals surface area contributed by atoms with Gasteiger partial charge in [0, 0.05) is 14.2 Å². The molecule has 0 aromatic heterocycles. The van der Waals surface area contributed by atoms with Crippen molar-refractivity contribution in [3.05, 3.63) is 56.1 Å². The van der Waals surface area contributed by atoms with Gasteiger partial charge in [-0.1, -0.05) is 17.7 Å². The highest BCUT2D eigenvalue weighted by molar-refractivity contribution is 14.1. The van der Waals surface area contributed by atoms with Gasteiger partial charge >= 0.3 is 0 Å². The van der Waals surface area contributed by atoms with Gasteiger partial charge in [-0.2, -0.15) is 0 Å². The lowest BCUT2D eigenvalue weighted by Gasteiger charge is -2.08. The maximum absolute atomic E-state index is 12.1. The lowest BCUT2D eigenvalue weighted by atomic mass is 10.1. The molecule has 0 aliphatic carbocycles. The number of halogens is 2. The van der Waals surface area contributed by atoms with Crippen LogP contribution in [0.4, 0.5) is 5.69 Å². The molecule has 98 valence electrons. The highest BCUT2D eigenvalue weighted by Crippen LogP contribution is 2.24. The van der Waals surface area contributed by atoms with E-state index in [9.17, 15) is 9.90 Å². The number of anilines is 1. The highest BCUT2D eigenvalue weighted by Gasteiger charge is 2.10. The van der Waals surface area contributed by atoms with Crippen LogP contribution in [-0.4, -0.2) is 11.0 Å². The van der Waals surface area contributed by atoms with Gasteiger partial charge in [0.05, 0.1) is 5.69 Å². The van der Waals surface area contributed by atoms with Gasteiger partial charge in [-0.3, -0.25) is 4.79 Å². The van der Waals surface area contributed by atoms with Crippen molar-refractivity contribution in [2.75, 3.05) is 5.32 Å². The van der Waals surface area contributed by atoms with Crippen LogP contribution in [0.2, 0.25) is 5.02 Å². The largest absolute Gasteiger partial charge is 0.508 e. The molecule has 0 fully saturated rings. The molecule has 0 radical (unpaired) electrons. The molecule has 0 spiro atoms. The Kier molecular flexibility index (Phi) is 4.31. The van der Waals surface area contributed by atoms with Crippen molar-refractivity contribution in [3.8, 4) is 5.75 Å². The van der Waals surface area contributed by atoms with Gasteiger partial charge in [-0.05, 0) is 65.4 Å². The quantitative estimate of drug-likeness (QED) is 0.758. The summed E-state index contributed by atoms with van der Waals surface area (Å²) in [5.74, 6) is -0.158. The molecule has 5 heteroatoms. The first-order chi connectivity index (χ1) is 8.97. The van der Waals surface area contributed by atoms with Gasteiger partial charge < -0.3 is 10.4 Å². The molecule has 0 atom stereocenters. The van der Waals surface area contributed by atoms with Crippen LogP contribution in [-0.2, 0) is 0 Å². The third kappa shape index (κ3) is 3.39. The number of nitrogens with one attached hydrogen (secondary N) is 1. The predicted octanol–water partition coefficient (Wildman–Crippen LogP) is 4.21. The fraction of sp³-hybridized carbons (Fsp3) is 0.0714. The zero-order chi connectivity index (χ0) is 14.0. The Morgan fingerprint density at radius 1 is 1.26 bits per heavy atom. The van der Waals surface area contributed by atoms with Gasteiger partial charge in [0.2, 0.25) is 0 Å². The molecule has 19 heavy (non-hydrogen) atoms. The number of aromatic hydroxyl groups is 1. The van der Waals surface area contributed by atoms with Crippen molar-refractivity contribution in [3.63, 3.8) is 0 Å². The molecule has 0 bridgehead atoms. The van der Waals surface area contributed by atoms with E-state index in [2.05, 4.69) is 27.9 Å². The summed E-state index contributed by atoms with van der Waals surface area (Å²) in [7, 11) is 0. The maximum atomic E-state index is 12.1. The number of amides is 1. The van der Waals surface area contributed by atoms with Crippen molar-refractivity contribution in [2.45, 2.75) is 6.92 Å². The first-order valence-electron chi connectivity index (χ1n) is 5.53. The van der Waals surface area contributed by atoms with E-state index in [1.807, 2.05) is 0 Å². The minimum atomic E-state index is -0.268. The number of phenols is 1. The van der Waals surface area contributed by atoms with Crippen molar-refractivity contribution in [2.24, 2.45) is 0 Å². The van der Waals surface area contributed by atoms with E-state index in [-0.39, 0.29) is 11.7 Å². The standard InChI is InChI=1S/C14H11ClINO2/c1-8-2-3-9(6-13(8)18)14(19)17-12-5-4-10(15)7-11(12)16/h2-7,18H,1H3,(H,17,19). The average Bonchev–Trinajstić information content (AvgIpc) is 2.36. The number of aryl methyl sites for hydroxylation is 1. The monoisotopic (exact) mass is 387 g/mol. The zero-order valence-corrected chi connectivity index (χ0v) is 13.0. The number of hydrogen-bond acceptors (Lipinski definition) is 2. The Labute approximate surface area is 129 Å². The van der Waals surface area contributed by atoms with Crippen LogP contribution >= 0.6 is 34.2 Å². The maximum Gasteiger partial charge on any atom is 0.255 e. The lowest BCUT2D eigenvalue weighted by molar-refractivity contribution is 0.102. The molecule has 1 amide bonds. The lowest BCUT2D eigenvalue weighted by Crippen LogP contribution is -2.12. The summed E-state index contributed by atoms with van der Waals surface area (Å²) < 4.78 is 0.856. The van der Waals surface area contributed by atoms with Crippen LogP contribution in [0, 0.1) is 10.5 Å². The summed E-state index contributed by atoms with van der Waals surface area (Å²) in [4.78, 5) is 12.1. The van der Waals surface area contributed by atoms with Gasteiger partial charge in [-0.15, -0.1) is 0 Å². The molecule has 0 saturated carbocycles. The van der Waals surface area contributed by atoms with Crippen LogP contribution in [0.3, 0.4) is 0 Å². The molecular formula is C14H11ClINO2. The fourth-order valence-corrected chi connectivity index (χ4v) is 2.54. The summed E-state index contributed by atoms with van der Waals surface area (Å²) in [6.45, 7) is 1.78. The topological polar surface area (TPSA) is 49.3 Å². The van der Waals surface area contributed by atoms with Crippen LogP contribution in [0.25, 0.3) is 0 Å². The number of hydrogen-bond donors (Lipinski definition) is 2. The highest BCUT2D eigenvalue weighted by atomic mass is 127. The average molecular weight is 388 g/mol. The first kappa shape index (κ1) is 14.1. The van der Waals surface area contributed by atoms with E-state index < -0.39 is 0 Å². The van der Waals surface area contributed by atoms with E-state index in [1.165, 1.54) is 6.07 Å². The Balaban J connectivity index is 2.23. The van der Waals surface area contributed by atoms with Crippen LogP contribution in [0.15, 0.2) is 36.4 Å². The van der Waals surface area contributed by atoms with Gasteiger partial charge in [-0.25, -0.2) is 0 Å². The summed E-state index contributed by atoms with van der Waals surface area (Å²) in [5.41, 5.74) is 1.83. The zero-order valence-electron chi connectivity index (χ0n) is 10.1. The van der Waals surface area contributed by atoms with Gasteiger partial charge in [0.25, 0.3) is 5.91 Å². The van der Waals surface area contributed by atoms with Crippen molar-refractivity contribution < 1.29 is 9.90 Å². The van der Waals surface area contributed by atoms with E-state index in [0.717, 1.165) is 9.13 Å². The molecule has 3 nitrogen and oxygen atoms in total. The second-order valence-corrected chi connectivity index (χ2v) is 5.68. The predicted molar refractivity (Wildman–Crippen MR) is 85.0 cm³/mol. The first-order valence-corrected chi connectivity index (χ1v) is 6.99. The minimum Gasteiger partial charge on any atom is -0.508 e. The molecule has 0 heterocycles. The Morgan fingerprint density at radius 2 is 2.00 bits per heavy atom. The SMILES string of the molecule is Cc1ccc(C(=O)Nc2ccc(Cl)cc2I)cc1O. The van der Waals surface area contributed by atoms with E-state index >= 15 is 0 Å². The third-order valence-electron chi connectivity index (χ3n) is 2.65. The van der Waals surface area contributed by atoms with Gasteiger partial charge in [0.1, 0.15) is 5.75 Å². The molecule has 2 aromatic carbocycles. The summed E-state index contributed by atoms with van der Waals surface area (Å²) in [5, 5.41) is 13.0. The number of phenolic OH excluding ortho intramolecular Hbond substituents is 1. The van der Waals surface area contributed by atoms with E-state index in [0.29, 0.717) is 16.3 Å². The molecular weight excluding hydrogens is 377 g/mol. The normalized spacial score (nSPS) is 10.3. The molecule has 2 aromatic rings. The van der Waals surface area contributed by atoms with Crippen LogP contribution < -0.4 is 5.32 Å². The number of carbonyl (C=O) groups excluding carboxylic acids is 1. The third-order valence-corrected chi connectivity index (χ3v) is 3.78. The Bertz CT molecular complexity index is 643. The second-order valence-electron chi connectivity index (χ2n) is 4.08. The molecule has 2 N–H and O–H groups in total. The van der Waals surface area contributed by atoms with Crippen molar-refractivity contribution >= 4 is 45.8 Å². The van der Waals surface area contributed by atoms with E-state index in [1.54, 1.807) is 37.3 Å². The minimum absolute atomic E-state index is 0.110. The summed E-state index contributed by atoms with van der Waals surface area (Å²) in [6.07, 6.45) is 0. The number of benzene rings is 2.